The molecular formula is C16H20OS. The average Bonchev–Trinajstić information content (AvgIpc) is 2.39. The molecule has 0 amide bonds. The summed E-state index contributed by atoms with van der Waals surface area (Å²) in [4.78, 5) is 0.950. The molecule has 0 N–H and O–H groups in total. The molecule has 0 aliphatic rings. The molecule has 0 bridgehead atoms. The predicted molar refractivity (Wildman–Crippen MR) is 81.1 cm³/mol. The summed E-state index contributed by atoms with van der Waals surface area (Å²) in [5.41, 5.74) is 2.64. The van der Waals surface area contributed by atoms with Crippen LogP contribution < -0.4 is 4.74 Å². The van der Waals surface area contributed by atoms with Gasteiger partial charge in [0.25, 0.3) is 0 Å². The van der Waals surface area contributed by atoms with Gasteiger partial charge in [0.15, 0.2) is 0 Å². The normalized spacial score (nSPS) is 10.9. The maximum absolute atomic E-state index is 5.53. The second-order valence-electron chi connectivity index (χ2n) is 4.63. The van der Waals surface area contributed by atoms with Crippen molar-refractivity contribution in [3.8, 4) is 5.75 Å². The number of aryl methyl sites for hydroxylation is 1. The minimum Gasteiger partial charge on any atom is -0.495 e. The molecule has 0 aliphatic carbocycles. The number of hydrogen-bond donors (Lipinski definition) is 1. The molecule has 0 atom stereocenters. The Hall–Kier alpha value is -1.15. The maximum atomic E-state index is 5.53. The molecule has 2 aromatic carbocycles. The highest BCUT2D eigenvalue weighted by atomic mass is 32.1. The van der Waals surface area contributed by atoms with E-state index in [1.807, 2.05) is 0 Å². The van der Waals surface area contributed by atoms with Gasteiger partial charge in [0.1, 0.15) is 5.75 Å². The van der Waals surface area contributed by atoms with Gasteiger partial charge in [0.05, 0.1) is 12.0 Å². The number of fused-ring (bicyclic) bond motifs is 1. The fourth-order valence-electron chi connectivity index (χ4n) is 2.52. The van der Waals surface area contributed by atoms with Gasteiger partial charge in [-0.15, -0.1) is 12.6 Å². The first-order chi connectivity index (χ1) is 8.70. The Balaban J connectivity index is 2.72. The molecular weight excluding hydrogens is 240 g/mol. The fourth-order valence-corrected chi connectivity index (χ4v) is 2.97. The third-order valence-electron chi connectivity index (χ3n) is 3.50. The summed E-state index contributed by atoms with van der Waals surface area (Å²) in [6.07, 6.45) is 3.52. The maximum Gasteiger partial charge on any atom is 0.135 e. The van der Waals surface area contributed by atoms with E-state index in [4.69, 9.17) is 4.74 Å². The van der Waals surface area contributed by atoms with E-state index in [1.165, 1.54) is 34.7 Å². The minimum atomic E-state index is 0.920. The van der Waals surface area contributed by atoms with Crippen LogP contribution in [-0.2, 0) is 6.42 Å². The molecule has 96 valence electrons. The Morgan fingerprint density at radius 2 is 1.83 bits per heavy atom. The third kappa shape index (κ3) is 2.22. The largest absolute Gasteiger partial charge is 0.495 e. The number of ether oxygens (including phenoxy) is 1. The molecule has 2 rings (SSSR count). The average molecular weight is 260 g/mol. The van der Waals surface area contributed by atoms with Crippen molar-refractivity contribution in [1.29, 1.82) is 0 Å². The molecule has 0 unspecified atom stereocenters. The van der Waals surface area contributed by atoms with Gasteiger partial charge in [0, 0.05) is 0 Å². The summed E-state index contributed by atoms with van der Waals surface area (Å²) < 4.78 is 5.53. The summed E-state index contributed by atoms with van der Waals surface area (Å²) in [6.45, 7) is 4.36. The zero-order valence-electron chi connectivity index (χ0n) is 11.3. The lowest BCUT2D eigenvalue weighted by atomic mass is 9.95. The van der Waals surface area contributed by atoms with E-state index in [9.17, 15) is 0 Å². The van der Waals surface area contributed by atoms with Gasteiger partial charge in [-0.1, -0.05) is 37.6 Å². The van der Waals surface area contributed by atoms with Crippen LogP contribution in [-0.4, -0.2) is 7.11 Å². The van der Waals surface area contributed by atoms with Gasteiger partial charge in [-0.2, -0.15) is 0 Å². The number of benzene rings is 2. The van der Waals surface area contributed by atoms with Gasteiger partial charge < -0.3 is 4.74 Å². The second-order valence-corrected chi connectivity index (χ2v) is 5.08. The van der Waals surface area contributed by atoms with Gasteiger partial charge in [-0.25, -0.2) is 0 Å². The van der Waals surface area contributed by atoms with Crippen molar-refractivity contribution in [3.63, 3.8) is 0 Å². The van der Waals surface area contributed by atoms with Crippen molar-refractivity contribution in [1.82, 2.24) is 0 Å². The van der Waals surface area contributed by atoms with Crippen LogP contribution in [0.15, 0.2) is 29.2 Å². The smallest absolute Gasteiger partial charge is 0.135 e. The Labute approximate surface area is 115 Å². The van der Waals surface area contributed by atoms with Gasteiger partial charge in [-0.05, 0) is 41.7 Å². The van der Waals surface area contributed by atoms with E-state index in [0.717, 1.165) is 17.1 Å². The first-order valence-electron chi connectivity index (χ1n) is 6.47. The van der Waals surface area contributed by atoms with Crippen LogP contribution in [0.2, 0.25) is 0 Å². The Bertz CT molecular complexity index is 561. The van der Waals surface area contributed by atoms with E-state index in [1.54, 1.807) is 7.11 Å². The van der Waals surface area contributed by atoms with Crippen LogP contribution in [0.1, 0.15) is 30.9 Å². The monoisotopic (exact) mass is 260 g/mol. The molecule has 0 fully saturated rings. The molecule has 2 heteroatoms. The van der Waals surface area contributed by atoms with Crippen molar-refractivity contribution < 1.29 is 4.74 Å². The van der Waals surface area contributed by atoms with Gasteiger partial charge in [-0.3, -0.25) is 0 Å². The predicted octanol–water partition coefficient (Wildman–Crippen LogP) is 4.79. The van der Waals surface area contributed by atoms with E-state index < -0.39 is 0 Å². The van der Waals surface area contributed by atoms with E-state index in [-0.39, 0.29) is 0 Å². The Kier molecular flexibility index (Phi) is 4.18. The van der Waals surface area contributed by atoms with Crippen molar-refractivity contribution in [3.05, 3.63) is 35.4 Å². The SMILES string of the molecule is CCCCc1c(C)c(OC)c(S)c2ccccc12. The molecule has 2 aromatic rings. The number of methoxy groups -OCH3 is 1. The van der Waals surface area contributed by atoms with Crippen molar-refractivity contribution in [2.75, 3.05) is 7.11 Å². The zero-order chi connectivity index (χ0) is 13.1. The van der Waals surface area contributed by atoms with Gasteiger partial charge >= 0.3 is 0 Å². The zero-order valence-corrected chi connectivity index (χ0v) is 12.2. The van der Waals surface area contributed by atoms with Crippen molar-refractivity contribution >= 4 is 23.4 Å². The lowest BCUT2D eigenvalue weighted by molar-refractivity contribution is 0.402. The topological polar surface area (TPSA) is 9.23 Å². The van der Waals surface area contributed by atoms with Crippen molar-refractivity contribution in [2.45, 2.75) is 38.0 Å². The first kappa shape index (κ1) is 13.3. The van der Waals surface area contributed by atoms with Crippen LogP contribution in [0.3, 0.4) is 0 Å². The van der Waals surface area contributed by atoms with E-state index in [2.05, 4.69) is 50.7 Å². The summed E-state index contributed by atoms with van der Waals surface area (Å²) in [5.74, 6) is 0.920. The summed E-state index contributed by atoms with van der Waals surface area (Å²) in [5, 5.41) is 2.50. The summed E-state index contributed by atoms with van der Waals surface area (Å²) in [7, 11) is 1.72. The molecule has 0 aromatic heterocycles. The van der Waals surface area contributed by atoms with Crippen LogP contribution in [0.25, 0.3) is 10.8 Å². The summed E-state index contributed by atoms with van der Waals surface area (Å²) in [6, 6.07) is 8.46. The van der Waals surface area contributed by atoms with Gasteiger partial charge in [0.2, 0.25) is 0 Å². The highest BCUT2D eigenvalue weighted by molar-refractivity contribution is 7.80. The van der Waals surface area contributed by atoms with Crippen molar-refractivity contribution in [2.24, 2.45) is 0 Å². The van der Waals surface area contributed by atoms with E-state index in [0.29, 0.717) is 0 Å². The molecule has 0 radical (unpaired) electrons. The first-order valence-corrected chi connectivity index (χ1v) is 6.92. The third-order valence-corrected chi connectivity index (χ3v) is 3.94. The number of hydrogen-bond acceptors (Lipinski definition) is 2. The molecule has 0 spiro atoms. The quantitative estimate of drug-likeness (QED) is 0.778. The molecule has 0 saturated carbocycles. The van der Waals surface area contributed by atoms with Crippen LogP contribution in [0.4, 0.5) is 0 Å². The molecule has 0 aliphatic heterocycles. The van der Waals surface area contributed by atoms with Crippen LogP contribution >= 0.6 is 12.6 Å². The summed E-state index contributed by atoms with van der Waals surface area (Å²) >= 11 is 4.63. The standard InChI is InChI=1S/C16H20OS/c1-4-5-8-12-11(2)15(17-3)16(18)14-10-7-6-9-13(12)14/h6-7,9-10,18H,4-5,8H2,1-3H3. The molecule has 18 heavy (non-hydrogen) atoms. The molecule has 1 nitrogen and oxygen atoms in total. The lowest BCUT2D eigenvalue weighted by Crippen LogP contribution is -1.98. The second kappa shape index (κ2) is 5.66. The number of thiol groups is 1. The fraction of sp³-hybridized carbons (Fsp3) is 0.375. The number of rotatable bonds is 4. The molecule has 0 saturated heterocycles. The van der Waals surface area contributed by atoms with Crippen LogP contribution in [0, 0.1) is 6.92 Å². The lowest BCUT2D eigenvalue weighted by Gasteiger charge is -2.17. The Morgan fingerprint density at radius 1 is 1.17 bits per heavy atom. The van der Waals surface area contributed by atoms with Crippen LogP contribution in [0.5, 0.6) is 5.75 Å². The number of unbranched alkanes of at least 4 members (excludes halogenated alkanes) is 1. The minimum absolute atomic E-state index is 0.920. The molecule has 0 heterocycles. The highest BCUT2D eigenvalue weighted by Gasteiger charge is 2.14. The van der Waals surface area contributed by atoms with E-state index >= 15 is 0 Å². The Morgan fingerprint density at radius 3 is 2.44 bits per heavy atom. The highest BCUT2D eigenvalue weighted by Crippen LogP contribution is 2.38.